The van der Waals surface area contributed by atoms with E-state index in [1.54, 1.807) is 0 Å². The number of aryl methyl sites for hydroxylation is 2. The summed E-state index contributed by atoms with van der Waals surface area (Å²) in [5.41, 5.74) is 3.53. The Balaban J connectivity index is 2.66. The molecule has 1 aromatic heterocycles. The van der Waals surface area contributed by atoms with E-state index in [-0.39, 0.29) is 0 Å². The van der Waals surface area contributed by atoms with Crippen molar-refractivity contribution >= 4 is 17.3 Å². The Bertz CT molecular complexity index is 370. The molecule has 1 heterocycles. The number of nitrogens with zero attached hydrogens (tertiary/aromatic N) is 2. The fourth-order valence-electron chi connectivity index (χ4n) is 1.69. The molecule has 0 radical (unpaired) electrons. The molecule has 0 aliphatic heterocycles. The van der Waals surface area contributed by atoms with E-state index in [9.17, 15) is 0 Å². The Morgan fingerprint density at radius 2 is 2.00 bits per heavy atom. The second-order valence-electron chi connectivity index (χ2n) is 3.68. The molecule has 16 heavy (non-hydrogen) atoms. The molecule has 1 rings (SSSR count). The summed E-state index contributed by atoms with van der Waals surface area (Å²) >= 11 is 5.12. The summed E-state index contributed by atoms with van der Waals surface area (Å²) in [5, 5.41) is 11.4. The third-order valence-corrected chi connectivity index (χ3v) is 2.88. The third-order valence-electron chi connectivity index (χ3n) is 2.59. The maximum atomic E-state index is 5.12. The molecular weight excluding hydrogens is 220 g/mol. The van der Waals surface area contributed by atoms with E-state index in [0.717, 1.165) is 25.3 Å². The highest BCUT2D eigenvalue weighted by molar-refractivity contribution is 7.80. The molecule has 0 atom stereocenters. The first-order valence-corrected chi connectivity index (χ1v) is 6.05. The van der Waals surface area contributed by atoms with Gasteiger partial charge in [0, 0.05) is 30.9 Å². The Kier molecular flexibility index (Phi) is 4.73. The smallest absolute Gasteiger partial charge is 0.166 e. The molecular formula is C11H20N4S. The summed E-state index contributed by atoms with van der Waals surface area (Å²) in [6.45, 7) is 10.7. The number of hydrogen-bond acceptors (Lipinski definition) is 2. The van der Waals surface area contributed by atoms with Crippen LogP contribution in [-0.4, -0.2) is 21.4 Å². The van der Waals surface area contributed by atoms with Gasteiger partial charge < -0.3 is 10.6 Å². The summed E-state index contributed by atoms with van der Waals surface area (Å²) in [6.07, 6.45) is 0. The first-order valence-electron chi connectivity index (χ1n) is 5.64. The zero-order valence-electron chi connectivity index (χ0n) is 10.4. The monoisotopic (exact) mass is 240 g/mol. The lowest BCUT2D eigenvalue weighted by atomic mass is 10.2. The van der Waals surface area contributed by atoms with Crippen molar-refractivity contribution < 1.29 is 0 Å². The van der Waals surface area contributed by atoms with Gasteiger partial charge in [-0.2, -0.15) is 5.10 Å². The minimum absolute atomic E-state index is 0.700. The Morgan fingerprint density at radius 1 is 1.31 bits per heavy atom. The van der Waals surface area contributed by atoms with Gasteiger partial charge in [0.1, 0.15) is 0 Å². The molecule has 5 heteroatoms. The van der Waals surface area contributed by atoms with Gasteiger partial charge in [-0.25, -0.2) is 0 Å². The quantitative estimate of drug-likeness (QED) is 0.783. The van der Waals surface area contributed by atoms with Crippen molar-refractivity contribution in [3.63, 3.8) is 0 Å². The van der Waals surface area contributed by atoms with Gasteiger partial charge in [0.15, 0.2) is 5.11 Å². The van der Waals surface area contributed by atoms with Crippen LogP contribution in [0.5, 0.6) is 0 Å². The minimum Gasteiger partial charge on any atom is -0.363 e. The third kappa shape index (κ3) is 2.95. The lowest BCUT2D eigenvalue weighted by molar-refractivity contribution is 0.633. The SMILES string of the molecule is CCNC(=S)NCc1c(C)nn(CC)c1C. The summed E-state index contributed by atoms with van der Waals surface area (Å²) in [7, 11) is 0. The van der Waals surface area contributed by atoms with Crippen molar-refractivity contribution in [2.45, 2.75) is 40.8 Å². The predicted molar refractivity (Wildman–Crippen MR) is 70.5 cm³/mol. The number of thiocarbonyl (C=S) groups is 1. The second-order valence-corrected chi connectivity index (χ2v) is 4.09. The van der Waals surface area contributed by atoms with Crippen LogP contribution in [0.4, 0.5) is 0 Å². The average Bonchev–Trinajstić information content (AvgIpc) is 2.52. The summed E-state index contributed by atoms with van der Waals surface area (Å²) in [5.74, 6) is 0. The van der Waals surface area contributed by atoms with Crippen molar-refractivity contribution in [3.05, 3.63) is 17.0 Å². The van der Waals surface area contributed by atoms with Crippen LogP contribution in [0.3, 0.4) is 0 Å². The fraction of sp³-hybridized carbons (Fsp3) is 0.636. The molecule has 0 aliphatic rings. The molecule has 0 fully saturated rings. The van der Waals surface area contributed by atoms with Crippen LogP contribution in [0, 0.1) is 13.8 Å². The van der Waals surface area contributed by atoms with Gasteiger partial charge in [0.2, 0.25) is 0 Å². The molecule has 0 saturated heterocycles. The van der Waals surface area contributed by atoms with Crippen LogP contribution in [0.1, 0.15) is 30.8 Å². The van der Waals surface area contributed by atoms with Crippen LogP contribution >= 0.6 is 12.2 Å². The van der Waals surface area contributed by atoms with E-state index in [4.69, 9.17) is 12.2 Å². The average molecular weight is 240 g/mol. The predicted octanol–water partition coefficient (Wildman–Crippen LogP) is 1.50. The van der Waals surface area contributed by atoms with E-state index in [1.165, 1.54) is 11.3 Å². The molecule has 4 nitrogen and oxygen atoms in total. The Labute approximate surface area is 102 Å². The van der Waals surface area contributed by atoms with Crippen LogP contribution in [-0.2, 0) is 13.1 Å². The number of aromatic nitrogens is 2. The number of nitrogens with one attached hydrogen (secondary N) is 2. The van der Waals surface area contributed by atoms with Crippen LogP contribution in [0.2, 0.25) is 0 Å². The van der Waals surface area contributed by atoms with E-state index in [2.05, 4.69) is 29.6 Å². The highest BCUT2D eigenvalue weighted by Crippen LogP contribution is 2.12. The maximum absolute atomic E-state index is 5.12. The lowest BCUT2D eigenvalue weighted by Crippen LogP contribution is -2.34. The van der Waals surface area contributed by atoms with Crippen LogP contribution in [0.15, 0.2) is 0 Å². The van der Waals surface area contributed by atoms with Crippen molar-refractivity contribution in [1.82, 2.24) is 20.4 Å². The fourth-order valence-corrected chi connectivity index (χ4v) is 1.91. The van der Waals surface area contributed by atoms with Crippen molar-refractivity contribution in [2.24, 2.45) is 0 Å². The topological polar surface area (TPSA) is 41.9 Å². The van der Waals surface area contributed by atoms with E-state index >= 15 is 0 Å². The van der Waals surface area contributed by atoms with E-state index in [1.807, 2.05) is 18.5 Å². The van der Waals surface area contributed by atoms with Crippen LogP contribution in [0.25, 0.3) is 0 Å². The molecule has 0 aromatic carbocycles. The maximum Gasteiger partial charge on any atom is 0.166 e. The zero-order valence-corrected chi connectivity index (χ0v) is 11.2. The zero-order chi connectivity index (χ0) is 12.1. The highest BCUT2D eigenvalue weighted by Gasteiger charge is 2.10. The van der Waals surface area contributed by atoms with Crippen molar-refractivity contribution in [3.8, 4) is 0 Å². The van der Waals surface area contributed by atoms with Crippen LogP contribution < -0.4 is 10.6 Å². The molecule has 90 valence electrons. The Hall–Kier alpha value is -1.10. The molecule has 2 N–H and O–H groups in total. The number of hydrogen-bond donors (Lipinski definition) is 2. The number of rotatable bonds is 4. The minimum atomic E-state index is 0.700. The van der Waals surface area contributed by atoms with Gasteiger partial charge in [0.05, 0.1) is 5.69 Å². The molecule has 1 aromatic rings. The van der Waals surface area contributed by atoms with Gasteiger partial charge >= 0.3 is 0 Å². The Morgan fingerprint density at radius 3 is 2.50 bits per heavy atom. The summed E-state index contributed by atoms with van der Waals surface area (Å²) in [4.78, 5) is 0. The highest BCUT2D eigenvalue weighted by atomic mass is 32.1. The van der Waals surface area contributed by atoms with Crippen molar-refractivity contribution in [2.75, 3.05) is 6.54 Å². The molecule has 0 aliphatic carbocycles. The largest absolute Gasteiger partial charge is 0.363 e. The lowest BCUT2D eigenvalue weighted by Gasteiger charge is -2.09. The summed E-state index contributed by atoms with van der Waals surface area (Å²) in [6, 6.07) is 0. The van der Waals surface area contributed by atoms with Gasteiger partial charge in [-0.1, -0.05) is 0 Å². The van der Waals surface area contributed by atoms with Gasteiger partial charge in [0.25, 0.3) is 0 Å². The first kappa shape index (κ1) is 13.0. The standard InChI is InChI=1S/C11H20N4S/c1-5-12-11(16)13-7-10-8(3)14-15(6-2)9(10)4/h5-7H2,1-4H3,(H2,12,13,16). The normalized spacial score (nSPS) is 10.2. The molecule has 0 unspecified atom stereocenters. The molecule has 0 amide bonds. The molecule has 0 spiro atoms. The van der Waals surface area contributed by atoms with Gasteiger partial charge in [-0.05, 0) is 39.9 Å². The van der Waals surface area contributed by atoms with E-state index in [0.29, 0.717) is 5.11 Å². The molecule has 0 bridgehead atoms. The molecule has 0 saturated carbocycles. The first-order chi connectivity index (χ1) is 7.60. The second kappa shape index (κ2) is 5.84. The van der Waals surface area contributed by atoms with Gasteiger partial charge in [-0.15, -0.1) is 0 Å². The summed E-state index contributed by atoms with van der Waals surface area (Å²) < 4.78 is 2.02. The van der Waals surface area contributed by atoms with E-state index < -0.39 is 0 Å². The van der Waals surface area contributed by atoms with Crippen molar-refractivity contribution in [1.29, 1.82) is 0 Å². The van der Waals surface area contributed by atoms with Gasteiger partial charge in [-0.3, -0.25) is 4.68 Å².